The van der Waals surface area contributed by atoms with Crippen LogP contribution in [-0.4, -0.2) is 14.3 Å². The van der Waals surface area contributed by atoms with Gasteiger partial charge in [0.2, 0.25) is 0 Å². The molecule has 0 bridgehead atoms. The van der Waals surface area contributed by atoms with E-state index in [0.29, 0.717) is 11.1 Å². The molecule has 0 atom stereocenters. The van der Waals surface area contributed by atoms with E-state index >= 15 is 0 Å². The van der Waals surface area contributed by atoms with Crippen molar-refractivity contribution in [2.24, 2.45) is 0 Å². The number of halogens is 2. The lowest BCUT2D eigenvalue weighted by atomic mass is 10.1. The Bertz CT molecular complexity index is 1080. The second kappa shape index (κ2) is 6.68. The summed E-state index contributed by atoms with van der Waals surface area (Å²) in [4.78, 5) is 14.0. The Balaban J connectivity index is 1.83. The summed E-state index contributed by atoms with van der Waals surface area (Å²) in [5.74, 6) is -0.712. The summed E-state index contributed by atoms with van der Waals surface area (Å²) in [6.45, 7) is 1.71. The standard InChI is InChI=1S/C16H12Cl2N2O4S/c1-9-11-4-2-3-5-13(11)24-15(9)16(21)19-20-25(22,23)14-8-10(17)6-7-12(14)18/h2-8,20H,1H3,(H,19,21). The molecule has 1 amide bonds. The van der Waals surface area contributed by atoms with Gasteiger partial charge in [0.25, 0.3) is 10.0 Å². The molecule has 0 radical (unpaired) electrons. The van der Waals surface area contributed by atoms with Gasteiger partial charge in [0.1, 0.15) is 10.5 Å². The predicted molar refractivity (Wildman–Crippen MR) is 95.2 cm³/mol. The number of carbonyl (C=O) groups excluding carboxylic acids is 1. The Labute approximate surface area is 153 Å². The van der Waals surface area contributed by atoms with E-state index in [0.717, 1.165) is 5.39 Å². The maximum atomic E-state index is 12.3. The normalized spacial score (nSPS) is 11.6. The molecule has 6 nitrogen and oxygen atoms in total. The second-order valence-electron chi connectivity index (χ2n) is 5.19. The van der Waals surface area contributed by atoms with Crippen LogP contribution in [0, 0.1) is 6.92 Å². The zero-order valence-electron chi connectivity index (χ0n) is 12.8. The van der Waals surface area contributed by atoms with Gasteiger partial charge in [0, 0.05) is 16.0 Å². The molecule has 0 unspecified atom stereocenters. The van der Waals surface area contributed by atoms with Crippen LogP contribution in [0.3, 0.4) is 0 Å². The van der Waals surface area contributed by atoms with Gasteiger partial charge in [-0.05, 0) is 31.2 Å². The molecule has 130 valence electrons. The Kier molecular flexibility index (Phi) is 4.75. The van der Waals surface area contributed by atoms with E-state index in [4.69, 9.17) is 27.6 Å². The van der Waals surface area contributed by atoms with Crippen molar-refractivity contribution in [2.75, 3.05) is 0 Å². The fraction of sp³-hybridized carbons (Fsp3) is 0.0625. The summed E-state index contributed by atoms with van der Waals surface area (Å²) in [7, 11) is -4.10. The number of hydrazine groups is 1. The Morgan fingerprint density at radius 2 is 1.84 bits per heavy atom. The van der Waals surface area contributed by atoms with Gasteiger partial charge in [0.15, 0.2) is 5.76 Å². The summed E-state index contributed by atoms with van der Waals surface area (Å²) < 4.78 is 30.1. The van der Waals surface area contributed by atoms with Gasteiger partial charge in [-0.25, -0.2) is 8.42 Å². The summed E-state index contributed by atoms with van der Waals surface area (Å²) in [6, 6.07) is 11.1. The van der Waals surface area contributed by atoms with Gasteiger partial charge in [-0.3, -0.25) is 10.2 Å². The lowest BCUT2D eigenvalue weighted by Crippen LogP contribution is -2.41. The van der Waals surface area contributed by atoms with E-state index in [2.05, 4.69) is 5.43 Å². The third kappa shape index (κ3) is 3.50. The second-order valence-corrected chi connectivity index (χ2v) is 7.68. The predicted octanol–water partition coefficient (Wildman–Crippen LogP) is 3.67. The maximum absolute atomic E-state index is 12.3. The lowest BCUT2D eigenvalue weighted by molar-refractivity contribution is 0.0918. The van der Waals surface area contributed by atoms with Crippen LogP contribution < -0.4 is 10.3 Å². The number of hydrogen-bond donors (Lipinski definition) is 2. The highest BCUT2D eigenvalue weighted by molar-refractivity contribution is 7.89. The third-order valence-electron chi connectivity index (χ3n) is 3.53. The van der Waals surface area contributed by atoms with Crippen molar-refractivity contribution >= 4 is 50.1 Å². The Morgan fingerprint density at radius 3 is 2.56 bits per heavy atom. The van der Waals surface area contributed by atoms with Crippen molar-refractivity contribution < 1.29 is 17.6 Å². The summed E-state index contributed by atoms with van der Waals surface area (Å²) >= 11 is 11.7. The number of rotatable bonds is 4. The minimum Gasteiger partial charge on any atom is -0.451 e. The van der Waals surface area contributed by atoms with E-state index in [1.54, 1.807) is 25.1 Å². The number of aryl methyl sites for hydroxylation is 1. The number of sulfonamides is 1. The number of para-hydroxylation sites is 1. The molecule has 0 saturated heterocycles. The lowest BCUT2D eigenvalue weighted by Gasteiger charge is -2.09. The van der Waals surface area contributed by atoms with E-state index in [1.165, 1.54) is 18.2 Å². The summed E-state index contributed by atoms with van der Waals surface area (Å²) in [5, 5.41) is 0.948. The SMILES string of the molecule is Cc1c(C(=O)NNS(=O)(=O)c2cc(Cl)ccc2Cl)oc2ccccc12. The van der Waals surface area contributed by atoms with Gasteiger partial charge in [-0.1, -0.05) is 41.4 Å². The Hall–Kier alpha value is -2.06. The first-order valence-corrected chi connectivity index (χ1v) is 9.29. The van der Waals surface area contributed by atoms with Crippen LogP contribution in [0.1, 0.15) is 16.1 Å². The minimum absolute atomic E-state index is 0.0149. The molecular weight excluding hydrogens is 387 g/mol. The van der Waals surface area contributed by atoms with Crippen molar-refractivity contribution in [3.8, 4) is 0 Å². The van der Waals surface area contributed by atoms with Crippen molar-refractivity contribution in [3.63, 3.8) is 0 Å². The fourth-order valence-electron chi connectivity index (χ4n) is 2.30. The first-order valence-electron chi connectivity index (χ1n) is 7.05. The average molecular weight is 399 g/mol. The molecule has 0 fully saturated rings. The smallest absolute Gasteiger partial charge is 0.302 e. The number of furan rings is 1. The zero-order chi connectivity index (χ0) is 18.2. The van der Waals surface area contributed by atoms with Crippen LogP contribution in [0.4, 0.5) is 0 Å². The zero-order valence-corrected chi connectivity index (χ0v) is 15.2. The van der Waals surface area contributed by atoms with E-state index in [-0.39, 0.29) is 20.7 Å². The van der Waals surface area contributed by atoms with Gasteiger partial charge in [-0.15, -0.1) is 4.83 Å². The first-order chi connectivity index (χ1) is 11.8. The topological polar surface area (TPSA) is 88.4 Å². The van der Waals surface area contributed by atoms with Gasteiger partial charge in [-0.2, -0.15) is 0 Å². The molecule has 0 spiro atoms. The van der Waals surface area contributed by atoms with Crippen LogP contribution in [0.2, 0.25) is 10.0 Å². The summed E-state index contributed by atoms with van der Waals surface area (Å²) in [6.07, 6.45) is 0. The quantitative estimate of drug-likeness (QED) is 0.656. The minimum atomic E-state index is -4.10. The number of carbonyl (C=O) groups is 1. The monoisotopic (exact) mass is 398 g/mol. The molecule has 2 aromatic carbocycles. The van der Waals surface area contributed by atoms with Crippen LogP contribution >= 0.6 is 23.2 Å². The number of fused-ring (bicyclic) bond motifs is 1. The Morgan fingerprint density at radius 1 is 1.12 bits per heavy atom. The average Bonchev–Trinajstić information content (AvgIpc) is 2.92. The van der Waals surface area contributed by atoms with Crippen molar-refractivity contribution in [1.82, 2.24) is 10.3 Å². The van der Waals surface area contributed by atoms with Crippen LogP contribution in [-0.2, 0) is 10.0 Å². The summed E-state index contributed by atoms with van der Waals surface area (Å²) in [5.41, 5.74) is 3.25. The van der Waals surface area contributed by atoms with Crippen LogP contribution in [0.15, 0.2) is 51.8 Å². The van der Waals surface area contributed by atoms with Gasteiger partial charge >= 0.3 is 5.91 Å². The third-order valence-corrected chi connectivity index (χ3v) is 5.50. The van der Waals surface area contributed by atoms with E-state index in [9.17, 15) is 13.2 Å². The van der Waals surface area contributed by atoms with E-state index in [1.807, 2.05) is 10.9 Å². The fourth-order valence-corrected chi connectivity index (χ4v) is 3.90. The number of nitrogens with one attached hydrogen (secondary N) is 2. The number of amides is 1. The molecule has 9 heteroatoms. The highest BCUT2D eigenvalue weighted by Gasteiger charge is 2.22. The van der Waals surface area contributed by atoms with Crippen molar-refractivity contribution in [2.45, 2.75) is 11.8 Å². The largest absolute Gasteiger partial charge is 0.451 e. The van der Waals surface area contributed by atoms with Crippen LogP contribution in [0.5, 0.6) is 0 Å². The molecule has 0 aliphatic heterocycles. The molecule has 1 aromatic heterocycles. The first kappa shape index (κ1) is 17.8. The number of hydrogen-bond acceptors (Lipinski definition) is 4. The molecule has 0 saturated carbocycles. The molecule has 1 heterocycles. The maximum Gasteiger partial charge on any atom is 0.302 e. The molecule has 25 heavy (non-hydrogen) atoms. The van der Waals surface area contributed by atoms with Gasteiger partial charge < -0.3 is 4.42 Å². The van der Waals surface area contributed by atoms with Gasteiger partial charge in [0.05, 0.1) is 5.02 Å². The van der Waals surface area contributed by atoms with Crippen molar-refractivity contribution in [1.29, 1.82) is 0 Å². The molecule has 3 rings (SSSR count). The van der Waals surface area contributed by atoms with Crippen LogP contribution in [0.25, 0.3) is 11.0 Å². The molecule has 2 N–H and O–H groups in total. The molecule has 0 aliphatic rings. The highest BCUT2D eigenvalue weighted by atomic mass is 35.5. The number of benzene rings is 2. The highest BCUT2D eigenvalue weighted by Crippen LogP contribution is 2.26. The molecule has 0 aliphatic carbocycles. The van der Waals surface area contributed by atoms with Crippen molar-refractivity contribution in [3.05, 3.63) is 63.8 Å². The van der Waals surface area contributed by atoms with E-state index < -0.39 is 15.9 Å². The molecule has 3 aromatic rings. The molecular formula is C16H12Cl2N2O4S.